The van der Waals surface area contributed by atoms with Gasteiger partial charge >= 0.3 is 0 Å². The van der Waals surface area contributed by atoms with Crippen LogP contribution in [-0.2, 0) is 11.3 Å². The van der Waals surface area contributed by atoms with E-state index in [1.165, 1.54) is 0 Å². The van der Waals surface area contributed by atoms with Crippen LogP contribution in [0.4, 0.5) is 0 Å². The first-order valence-electron chi connectivity index (χ1n) is 7.15. The molecule has 1 fully saturated rings. The van der Waals surface area contributed by atoms with Gasteiger partial charge in [-0.05, 0) is 17.5 Å². The van der Waals surface area contributed by atoms with Gasteiger partial charge in [0.2, 0.25) is 5.91 Å². The average molecular weight is 304 g/mol. The summed E-state index contributed by atoms with van der Waals surface area (Å²) in [7, 11) is 0. The van der Waals surface area contributed by atoms with E-state index < -0.39 is 0 Å². The van der Waals surface area contributed by atoms with Crippen molar-refractivity contribution in [3.63, 3.8) is 0 Å². The number of carbonyl (C=O) groups is 1. The van der Waals surface area contributed by atoms with Crippen LogP contribution in [0.15, 0.2) is 48.8 Å². The van der Waals surface area contributed by atoms with E-state index in [0.29, 0.717) is 18.8 Å². The normalized spacial score (nSPS) is 20.0. The van der Waals surface area contributed by atoms with Crippen LogP contribution >= 0.6 is 11.6 Å². The first-order valence-corrected chi connectivity index (χ1v) is 7.69. The maximum absolute atomic E-state index is 12.3. The number of benzene rings is 1. The first kappa shape index (κ1) is 14.1. The fourth-order valence-corrected chi connectivity index (χ4v) is 3.06. The molecule has 0 N–H and O–H groups in total. The molecule has 5 heteroatoms. The minimum absolute atomic E-state index is 0.00631. The second kappa shape index (κ2) is 6.31. The third-order valence-electron chi connectivity index (χ3n) is 3.94. The van der Waals surface area contributed by atoms with Crippen molar-refractivity contribution < 1.29 is 4.79 Å². The smallest absolute Gasteiger partial charge is 0.223 e. The highest BCUT2D eigenvalue weighted by Crippen LogP contribution is 2.30. The second-order valence-corrected chi connectivity index (χ2v) is 5.73. The van der Waals surface area contributed by atoms with Crippen molar-refractivity contribution in [2.75, 3.05) is 12.4 Å². The van der Waals surface area contributed by atoms with E-state index in [4.69, 9.17) is 11.6 Å². The molecule has 0 spiro atoms. The molecule has 2 heterocycles. The van der Waals surface area contributed by atoms with Gasteiger partial charge in [-0.25, -0.2) is 0 Å². The number of hydrogen-bond acceptors (Lipinski definition) is 2. The molecular formula is C16H18ClN3O. The molecule has 2 atom stereocenters. The van der Waals surface area contributed by atoms with Gasteiger partial charge in [0.15, 0.2) is 0 Å². The van der Waals surface area contributed by atoms with Crippen LogP contribution in [0.1, 0.15) is 18.0 Å². The van der Waals surface area contributed by atoms with E-state index in [0.717, 1.165) is 12.1 Å². The highest BCUT2D eigenvalue weighted by Gasteiger charge is 2.34. The van der Waals surface area contributed by atoms with Crippen LogP contribution in [0.3, 0.4) is 0 Å². The Hall–Kier alpha value is -1.81. The molecule has 1 saturated heterocycles. The first-order chi connectivity index (χ1) is 10.3. The molecule has 0 saturated carbocycles. The van der Waals surface area contributed by atoms with Gasteiger partial charge in [-0.3, -0.25) is 9.48 Å². The zero-order valence-electron chi connectivity index (χ0n) is 11.7. The number of alkyl halides is 1. The number of halogens is 1. The Kier molecular flexibility index (Phi) is 4.25. The fraction of sp³-hybridized carbons (Fsp3) is 0.375. The monoisotopic (exact) mass is 303 g/mol. The van der Waals surface area contributed by atoms with E-state index in [1.54, 1.807) is 6.20 Å². The van der Waals surface area contributed by atoms with Gasteiger partial charge in [-0.2, -0.15) is 5.10 Å². The van der Waals surface area contributed by atoms with E-state index in [2.05, 4.69) is 17.2 Å². The Morgan fingerprint density at radius 1 is 1.29 bits per heavy atom. The number of likely N-dealkylation sites (tertiary alicyclic amines) is 1. The minimum Gasteiger partial charge on any atom is -0.333 e. The van der Waals surface area contributed by atoms with E-state index in [1.807, 2.05) is 40.0 Å². The Bertz CT molecular complexity index is 585. The molecule has 2 aromatic rings. The fourth-order valence-electron chi connectivity index (χ4n) is 2.86. The summed E-state index contributed by atoms with van der Waals surface area (Å²) in [6.45, 7) is 1.39. The lowest BCUT2D eigenvalue weighted by Crippen LogP contribution is -2.33. The predicted octanol–water partition coefficient (Wildman–Crippen LogP) is 2.71. The van der Waals surface area contributed by atoms with Crippen molar-refractivity contribution in [1.29, 1.82) is 0 Å². The van der Waals surface area contributed by atoms with Crippen molar-refractivity contribution in [1.82, 2.24) is 14.7 Å². The summed E-state index contributed by atoms with van der Waals surface area (Å²) < 4.78 is 1.87. The number of nitrogens with zero attached hydrogens (tertiary/aromatic N) is 3. The van der Waals surface area contributed by atoms with Crippen LogP contribution in [0.5, 0.6) is 0 Å². The summed E-state index contributed by atoms with van der Waals surface area (Å²) in [5, 5.41) is 4.27. The largest absolute Gasteiger partial charge is 0.333 e. The van der Waals surface area contributed by atoms with Crippen molar-refractivity contribution in [2.45, 2.75) is 19.0 Å². The van der Waals surface area contributed by atoms with Crippen molar-refractivity contribution in [2.24, 2.45) is 5.92 Å². The summed E-state index contributed by atoms with van der Waals surface area (Å²) in [4.78, 5) is 14.3. The quantitative estimate of drug-likeness (QED) is 0.797. The Morgan fingerprint density at radius 2 is 2.10 bits per heavy atom. The lowest BCUT2D eigenvalue weighted by atomic mass is 10.1. The highest BCUT2D eigenvalue weighted by atomic mass is 35.5. The Labute approximate surface area is 129 Å². The molecule has 21 heavy (non-hydrogen) atoms. The van der Waals surface area contributed by atoms with E-state index in [9.17, 15) is 4.79 Å². The maximum atomic E-state index is 12.3. The number of carbonyl (C=O) groups excluding carboxylic acids is 1. The number of aromatic nitrogens is 2. The predicted molar refractivity (Wildman–Crippen MR) is 82.0 cm³/mol. The Balaban J connectivity index is 1.87. The molecule has 1 aliphatic heterocycles. The maximum Gasteiger partial charge on any atom is 0.223 e. The SMILES string of the molecule is O=C1CC(CCl)CN1C(Cn1cccn1)c1ccccc1. The average Bonchev–Trinajstić information content (AvgIpc) is 3.15. The molecule has 1 amide bonds. The summed E-state index contributed by atoms with van der Waals surface area (Å²) >= 11 is 5.94. The van der Waals surface area contributed by atoms with Crippen LogP contribution < -0.4 is 0 Å². The van der Waals surface area contributed by atoms with Gasteiger partial charge in [0.05, 0.1) is 12.6 Å². The Morgan fingerprint density at radius 3 is 2.71 bits per heavy atom. The van der Waals surface area contributed by atoms with Gasteiger partial charge in [0.25, 0.3) is 0 Å². The standard InChI is InChI=1S/C16H18ClN3O/c17-10-13-9-16(21)20(11-13)15(12-19-8-4-7-18-19)14-5-2-1-3-6-14/h1-8,13,15H,9-12H2. The van der Waals surface area contributed by atoms with E-state index in [-0.39, 0.29) is 17.9 Å². The highest BCUT2D eigenvalue weighted by molar-refractivity contribution is 6.18. The second-order valence-electron chi connectivity index (χ2n) is 5.43. The molecule has 2 unspecified atom stereocenters. The summed E-state index contributed by atoms with van der Waals surface area (Å²) in [5.41, 5.74) is 1.14. The zero-order valence-corrected chi connectivity index (χ0v) is 12.5. The third-order valence-corrected chi connectivity index (χ3v) is 4.37. The summed E-state index contributed by atoms with van der Waals surface area (Å²) in [6.07, 6.45) is 4.23. The van der Waals surface area contributed by atoms with Crippen LogP contribution in [0, 0.1) is 5.92 Å². The summed E-state index contributed by atoms with van der Waals surface area (Å²) in [5.74, 6) is 0.968. The van der Waals surface area contributed by atoms with Crippen molar-refractivity contribution >= 4 is 17.5 Å². The summed E-state index contributed by atoms with van der Waals surface area (Å²) in [6, 6.07) is 12.0. The molecular weight excluding hydrogens is 286 g/mol. The zero-order chi connectivity index (χ0) is 14.7. The van der Waals surface area contributed by atoms with Crippen molar-refractivity contribution in [3.8, 4) is 0 Å². The molecule has 1 aromatic carbocycles. The molecule has 4 nitrogen and oxygen atoms in total. The van der Waals surface area contributed by atoms with Gasteiger partial charge in [0, 0.05) is 31.2 Å². The molecule has 0 bridgehead atoms. The minimum atomic E-state index is 0.00631. The molecule has 0 aliphatic carbocycles. The van der Waals surface area contributed by atoms with Gasteiger partial charge in [0.1, 0.15) is 0 Å². The number of amides is 1. The molecule has 3 rings (SSSR count). The molecule has 110 valence electrons. The topological polar surface area (TPSA) is 38.1 Å². The number of rotatable bonds is 5. The van der Waals surface area contributed by atoms with Crippen LogP contribution in [0.2, 0.25) is 0 Å². The molecule has 1 aliphatic rings. The van der Waals surface area contributed by atoms with E-state index >= 15 is 0 Å². The third kappa shape index (κ3) is 3.10. The van der Waals surface area contributed by atoms with Gasteiger partial charge in [-0.1, -0.05) is 30.3 Å². The lowest BCUT2D eigenvalue weighted by molar-refractivity contribution is -0.130. The number of hydrogen-bond donors (Lipinski definition) is 0. The molecule has 0 radical (unpaired) electrons. The molecule has 1 aromatic heterocycles. The van der Waals surface area contributed by atoms with Crippen LogP contribution in [0.25, 0.3) is 0 Å². The van der Waals surface area contributed by atoms with Gasteiger partial charge in [-0.15, -0.1) is 11.6 Å². The van der Waals surface area contributed by atoms with Crippen molar-refractivity contribution in [3.05, 3.63) is 54.4 Å². The van der Waals surface area contributed by atoms with Crippen LogP contribution in [-0.4, -0.2) is 33.0 Å². The van der Waals surface area contributed by atoms with Gasteiger partial charge < -0.3 is 4.90 Å². The lowest BCUT2D eigenvalue weighted by Gasteiger charge is -2.28.